The number of alkyl halides is 3. The highest BCUT2D eigenvalue weighted by atomic mass is 79.9. The summed E-state index contributed by atoms with van der Waals surface area (Å²) in [5, 5.41) is 0. The second-order valence-corrected chi connectivity index (χ2v) is 4.65. The van der Waals surface area contributed by atoms with Crippen molar-refractivity contribution in [1.82, 2.24) is 0 Å². The summed E-state index contributed by atoms with van der Waals surface area (Å²) >= 11 is 3.06. The van der Waals surface area contributed by atoms with E-state index in [-0.39, 0.29) is 5.56 Å². The van der Waals surface area contributed by atoms with E-state index in [4.69, 9.17) is 4.74 Å². The lowest BCUT2D eigenvalue weighted by Crippen LogP contribution is -2.11. The number of benzene rings is 1. The summed E-state index contributed by atoms with van der Waals surface area (Å²) < 4.78 is 44.1. The van der Waals surface area contributed by atoms with Crippen LogP contribution in [0.5, 0.6) is 0 Å². The van der Waals surface area contributed by atoms with Crippen molar-refractivity contribution in [3.05, 3.63) is 33.8 Å². The highest BCUT2D eigenvalue weighted by Crippen LogP contribution is 2.40. The fraction of sp³-hybridized carbons (Fsp3) is 0.455. The Kier molecular flexibility index (Phi) is 3.26. The molecule has 0 bridgehead atoms. The van der Waals surface area contributed by atoms with Gasteiger partial charge in [-0.25, -0.2) is 0 Å². The normalized spacial score (nSPS) is 21.4. The van der Waals surface area contributed by atoms with Gasteiger partial charge in [0.2, 0.25) is 0 Å². The molecule has 0 spiro atoms. The molecule has 0 amide bonds. The molecule has 1 nitrogen and oxygen atoms in total. The number of hydrogen-bond acceptors (Lipinski definition) is 1. The van der Waals surface area contributed by atoms with Gasteiger partial charge >= 0.3 is 6.18 Å². The van der Waals surface area contributed by atoms with Gasteiger partial charge in [0.25, 0.3) is 0 Å². The van der Waals surface area contributed by atoms with Crippen molar-refractivity contribution in [3.8, 4) is 0 Å². The van der Waals surface area contributed by atoms with Crippen molar-refractivity contribution in [2.24, 2.45) is 0 Å². The molecule has 1 fully saturated rings. The lowest BCUT2D eigenvalue weighted by Gasteiger charge is -2.17. The zero-order chi connectivity index (χ0) is 11.8. The molecule has 0 aromatic heterocycles. The van der Waals surface area contributed by atoms with Crippen LogP contribution in [0.15, 0.2) is 22.7 Å². The topological polar surface area (TPSA) is 9.23 Å². The van der Waals surface area contributed by atoms with Crippen molar-refractivity contribution >= 4 is 15.9 Å². The van der Waals surface area contributed by atoms with Crippen LogP contribution in [0, 0.1) is 0 Å². The molecule has 1 heterocycles. The van der Waals surface area contributed by atoms with Crippen molar-refractivity contribution < 1.29 is 17.9 Å². The zero-order valence-electron chi connectivity index (χ0n) is 8.35. The minimum atomic E-state index is -4.33. The Morgan fingerprint density at radius 3 is 2.62 bits per heavy atom. The number of ether oxygens (including phenoxy) is 1. The third-order valence-corrected chi connectivity index (χ3v) is 3.09. The fourth-order valence-electron chi connectivity index (χ4n) is 1.88. The lowest BCUT2D eigenvalue weighted by atomic mass is 10.00. The SMILES string of the molecule is FC(F)(F)c1cc(Br)ccc1C1CCCO1. The Labute approximate surface area is 99.7 Å². The van der Waals surface area contributed by atoms with E-state index in [2.05, 4.69) is 15.9 Å². The molecule has 1 saturated heterocycles. The van der Waals surface area contributed by atoms with Crippen LogP contribution in [0.3, 0.4) is 0 Å². The van der Waals surface area contributed by atoms with Gasteiger partial charge in [-0.2, -0.15) is 13.2 Å². The maximum Gasteiger partial charge on any atom is 0.416 e. The Morgan fingerprint density at radius 2 is 2.06 bits per heavy atom. The van der Waals surface area contributed by atoms with E-state index in [0.717, 1.165) is 12.5 Å². The van der Waals surface area contributed by atoms with Crippen LogP contribution in [0.4, 0.5) is 13.2 Å². The molecular formula is C11H10BrF3O. The predicted octanol–water partition coefficient (Wildman–Crippen LogP) is 4.32. The number of hydrogen-bond donors (Lipinski definition) is 0. The highest BCUT2D eigenvalue weighted by molar-refractivity contribution is 9.10. The van der Waals surface area contributed by atoms with Crippen LogP contribution in [0.25, 0.3) is 0 Å². The van der Waals surface area contributed by atoms with Crippen LogP contribution in [0.2, 0.25) is 0 Å². The van der Waals surface area contributed by atoms with Gasteiger partial charge in [-0.15, -0.1) is 0 Å². The Balaban J connectivity index is 2.43. The molecule has 1 aromatic rings. The van der Waals surface area contributed by atoms with Gasteiger partial charge in [0.05, 0.1) is 11.7 Å². The van der Waals surface area contributed by atoms with E-state index in [9.17, 15) is 13.2 Å². The molecule has 5 heteroatoms. The average Bonchev–Trinajstić information content (AvgIpc) is 2.69. The van der Waals surface area contributed by atoms with Crippen LogP contribution in [-0.2, 0) is 10.9 Å². The summed E-state index contributed by atoms with van der Waals surface area (Å²) in [6.07, 6.45) is -3.27. The quantitative estimate of drug-likeness (QED) is 0.749. The number of rotatable bonds is 1. The predicted molar refractivity (Wildman–Crippen MR) is 57.1 cm³/mol. The summed E-state index contributed by atoms with van der Waals surface area (Å²) in [5.41, 5.74) is -0.359. The number of halogens is 4. The van der Waals surface area contributed by atoms with E-state index >= 15 is 0 Å². The van der Waals surface area contributed by atoms with Crippen molar-refractivity contribution in [2.75, 3.05) is 6.61 Å². The van der Waals surface area contributed by atoms with Crippen LogP contribution >= 0.6 is 15.9 Å². The summed E-state index contributed by atoms with van der Waals surface area (Å²) in [7, 11) is 0. The summed E-state index contributed by atoms with van der Waals surface area (Å²) in [6, 6.07) is 4.21. The summed E-state index contributed by atoms with van der Waals surface area (Å²) in [4.78, 5) is 0. The van der Waals surface area contributed by atoms with E-state index in [0.29, 0.717) is 17.5 Å². The Morgan fingerprint density at radius 1 is 1.31 bits per heavy atom. The first kappa shape index (κ1) is 11.9. The minimum Gasteiger partial charge on any atom is -0.374 e. The first-order chi connectivity index (χ1) is 7.48. The molecule has 1 unspecified atom stereocenters. The molecular weight excluding hydrogens is 285 g/mol. The third kappa shape index (κ3) is 2.40. The van der Waals surface area contributed by atoms with Crippen molar-refractivity contribution in [1.29, 1.82) is 0 Å². The van der Waals surface area contributed by atoms with Gasteiger partial charge in [0, 0.05) is 11.1 Å². The first-order valence-electron chi connectivity index (χ1n) is 4.97. The van der Waals surface area contributed by atoms with Crippen LogP contribution in [0.1, 0.15) is 30.1 Å². The van der Waals surface area contributed by atoms with E-state index in [1.807, 2.05) is 0 Å². The second kappa shape index (κ2) is 4.37. The smallest absolute Gasteiger partial charge is 0.374 e. The van der Waals surface area contributed by atoms with Gasteiger partial charge < -0.3 is 4.74 Å². The zero-order valence-corrected chi connectivity index (χ0v) is 9.94. The van der Waals surface area contributed by atoms with Gasteiger partial charge in [0.15, 0.2) is 0 Å². The molecule has 1 atom stereocenters. The van der Waals surface area contributed by atoms with E-state index in [1.165, 1.54) is 6.07 Å². The van der Waals surface area contributed by atoms with Gasteiger partial charge in [-0.3, -0.25) is 0 Å². The molecule has 0 aliphatic carbocycles. The third-order valence-electron chi connectivity index (χ3n) is 2.60. The molecule has 0 N–H and O–H groups in total. The molecule has 1 aromatic carbocycles. The maximum atomic E-state index is 12.8. The molecule has 0 radical (unpaired) electrons. The molecule has 0 saturated carbocycles. The molecule has 88 valence electrons. The Hall–Kier alpha value is -0.550. The Bertz CT molecular complexity index is 383. The molecule has 1 aliphatic heterocycles. The fourth-order valence-corrected chi connectivity index (χ4v) is 2.24. The molecule has 16 heavy (non-hydrogen) atoms. The monoisotopic (exact) mass is 294 g/mol. The second-order valence-electron chi connectivity index (χ2n) is 3.73. The summed E-state index contributed by atoms with van der Waals surface area (Å²) in [5.74, 6) is 0. The largest absolute Gasteiger partial charge is 0.416 e. The van der Waals surface area contributed by atoms with Gasteiger partial charge in [0.1, 0.15) is 0 Å². The van der Waals surface area contributed by atoms with Crippen LogP contribution < -0.4 is 0 Å². The maximum absolute atomic E-state index is 12.8. The average molecular weight is 295 g/mol. The van der Waals surface area contributed by atoms with Crippen molar-refractivity contribution in [3.63, 3.8) is 0 Å². The first-order valence-corrected chi connectivity index (χ1v) is 5.76. The minimum absolute atomic E-state index is 0.244. The van der Waals surface area contributed by atoms with Crippen molar-refractivity contribution in [2.45, 2.75) is 25.1 Å². The van der Waals surface area contributed by atoms with E-state index in [1.54, 1.807) is 6.07 Å². The lowest BCUT2D eigenvalue weighted by molar-refractivity contribution is -0.139. The van der Waals surface area contributed by atoms with Crippen LogP contribution in [-0.4, -0.2) is 6.61 Å². The van der Waals surface area contributed by atoms with Gasteiger partial charge in [-0.05, 0) is 30.5 Å². The van der Waals surface area contributed by atoms with E-state index < -0.39 is 17.8 Å². The van der Waals surface area contributed by atoms with Gasteiger partial charge in [-0.1, -0.05) is 22.0 Å². The summed E-state index contributed by atoms with van der Waals surface area (Å²) in [6.45, 7) is 0.540. The molecule has 1 aliphatic rings. The standard InChI is InChI=1S/C11H10BrF3O/c12-7-3-4-8(10-2-1-5-16-10)9(6-7)11(13,14)15/h3-4,6,10H,1-2,5H2. The molecule has 2 rings (SSSR count). The highest BCUT2D eigenvalue weighted by Gasteiger charge is 2.36.